The van der Waals surface area contributed by atoms with E-state index in [-0.39, 0.29) is 11.9 Å². The molecule has 5 nitrogen and oxygen atoms in total. The molecule has 138 valence electrons. The van der Waals surface area contributed by atoms with Crippen molar-refractivity contribution in [1.29, 1.82) is 0 Å². The fourth-order valence-electron chi connectivity index (χ4n) is 3.57. The number of pyridine rings is 1. The topological polar surface area (TPSA) is 57.3 Å². The fourth-order valence-corrected chi connectivity index (χ4v) is 3.57. The molecule has 1 aliphatic heterocycles. The summed E-state index contributed by atoms with van der Waals surface area (Å²) >= 11 is 0. The lowest BCUT2D eigenvalue weighted by molar-refractivity contribution is -0.119. The van der Waals surface area contributed by atoms with E-state index in [0.29, 0.717) is 0 Å². The Kier molecular flexibility index (Phi) is 4.88. The number of amides is 1. The second kappa shape index (κ2) is 7.47. The Bertz CT molecular complexity index is 985. The van der Waals surface area contributed by atoms with Gasteiger partial charge in [-0.2, -0.15) is 0 Å². The zero-order valence-electron chi connectivity index (χ0n) is 15.7. The minimum atomic E-state index is -0.180. The van der Waals surface area contributed by atoms with Crippen molar-refractivity contribution < 1.29 is 4.79 Å². The highest BCUT2D eigenvalue weighted by atomic mass is 16.2. The average molecular weight is 360 g/mol. The van der Waals surface area contributed by atoms with Crippen LogP contribution in [-0.4, -0.2) is 48.5 Å². The standard InChI is InChI=1S/C22H24N4O/c1-15-3-6-19(25-22(27)21-14-26(2)10-9-24-21)12-20(15)17-5-4-16-7-8-23-13-18(16)11-17/h3-8,11-13,21,24H,9-10,14H2,1-2H3,(H,25,27). The number of fused-ring (bicyclic) bond motifs is 1. The first-order chi connectivity index (χ1) is 13.1. The Hall–Kier alpha value is -2.76. The van der Waals surface area contributed by atoms with Gasteiger partial charge < -0.3 is 15.5 Å². The Morgan fingerprint density at radius 3 is 2.93 bits per heavy atom. The van der Waals surface area contributed by atoms with Gasteiger partial charge in [0.15, 0.2) is 0 Å². The lowest BCUT2D eigenvalue weighted by Gasteiger charge is -2.30. The van der Waals surface area contributed by atoms with Crippen LogP contribution in [0.4, 0.5) is 5.69 Å². The molecule has 1 saturated heterocycles. The van der Waals surface area contributed by atoms with Gasteiger partial charge in [0.1, 0.15) is 0 Å². The number of benzene rings is 2. The summed E-state index contributed by atoms with van der Waals surface area (Å²) in [4.78, 5) is 19.0. The normalized spacial score (nSPS) is 17.8. The van der Waals surface area contributed by atoms with Crippen LogP contribution >= 0.6 is 0 Å². The van der Waals surface area contributed by atoms with Crippen molar-refractivity contribution in [3.05, 3.63) is 60.4 Å². The molecule has 0 bridgehead atoms. The second-order valence-corrected chi connectivity index (χ2v) is 7.23. The molecular formula is C22H24N4O. The maximum absolute atomic E-state index is 12.6. The lowest BCUT2D eigenvalue weighted by Crippen LogP contribution is -2.54. The number of piperazine rings is 1. The van der Waals surface area contributed by atoms with Gasteiger partial charge in [0.25, 0.3) is 0 Å². The molecule has 2 heterocycles. The highest BCUT2D eigenvalue weighted by Crippen LogP contribution is 2.29. The lowest BCUT2D eigenvalue weighted by atomic mass is 9.98. The maximum Gasteiger partial charge on any atom is 0.242 e. The summed E-state index contributed by atoms with van der Waals surface area (Å²) in [7, 11) is 2.04. The number of hydrogen-bond donors (Lipinski definition) is 2. The summed E-state index contributed by atoms with van der Waals surface area (Å²) < 4.78 is 0. The summed E-state index contributed by atoms with van der Waals surface area (Å²) in [6.07, 6.45) is 3.69. The van der Waals surface area contributed by atoms with E-state index in [4.69, 9.17) is 0 Å². The molecule has 2 N–H and O–H groups in total. The first-order valence-electron chi connectivity index (χ1n) is 9.28. The minimum absolute atomic E-state index is 0.0130. The average Bonchev–Trinajstić information content (AvgIpc) is 2.69. The monoisotopic (exact) mass is 360 g/mol. The molecule has 1 amide bonds. The fraction of sp³-hybridized carbons (Fsp3) is 0.273. The number of carbonyl (C=O) groups is 1. The number of hydrogen-bond acceptors (Lipinski definition) is 4. The molecule has 1 unspecified atom stereocenters. The third-order valence-electron chi connectivity index (χ3n) is 5.15. The molecule has 0 radical (unpaired) electrons. The van der Waals surface area contributed by atoms with Crippen LogP contribution in [0.2, 0.25) is 0 Å². The highest BCUT2D eigenvalue weighted by Gasteiger charge is 2.23. The molecule has 0 spiro atoms. The van der Waals surface area contributed by atoms with Gasteiger partial charge in [-0.1, -0.05) is 18.2 Å². The predicted octanol–water partition coefficient (Wildman–Crippen LogP) is 3.05. The van der Waals surface area contributed by atoms with Gasteiger partial charge in [-0.3, -0.25) is 9.78 Å². The van der Waals surface area contributed by atoms with Gasteiger partial charge >= 0.3 is 0 Å². The van der Waals surface area contributed by atoms with Gasteiger partial charge in [-0.25, -0.2) is 0 Å². The first kappa shape index (κ1) is 17.6. The molecule has 1 aromatic heterocycles. The van der Waals surface area contributed by atoms with Gasteiger partial charge in [0.05, 0.1) is 6.04 Å². The summed E-state index contributed by atoms with van der Waals surface area (Å²) in [5.74, 6) is 0.0130. The van der Waals surface area contributed by atoms with Gasteiger partial charge in [-0.15, -0.1) is 0 Å². The number of aromatic nitrogens is 1. The number of carbonyl (C=O) groups excluding carboxylic acids is 1. The van der Waals surface area contributed by atoms with Crippen LogP contribution in [0, 0.1) is 6.92 Å². The number of nitrogens with one attached hydrogen (secondary N) is 2. The molecule has 1 aliphatic rings. The summed E-state index contributed by atoms with van der Waals surface area (Å²) in [5, 5.41) is 8.63. The Labute approximate surface area is 159 Å². The van der Waals surface area contributed by atoms with Gasteiger partial charge in [-0.05, 0) is 60.3 Å². The van der Waals surface area contributed by atoms with Crippen molar-refractivity contribution in [2.45, 2.75) is 13.0 Å². The third-order valence-corrected chi connectivity index (χ3v) is 5.15. The van der Waals surface area contributed by atoms with Crippen LogP contribution < -0.4 is 10.6 Å². The summed E-state index contributed by atoms with van der Waals surface area (Å²) in [5.41, 5.74) is 4.24. The number of nitrogens with zero attached hydrogens (tertiary/aromatic N) is 2. The van der Waals surface area contributed by atoms with E-state index in [2.05, 4.69) is 57.8 Å². The third kappa shape index (κ3) is 3.84. The smallest absolute Gasteiger partial charge is 0.242 e. The largest absolute Gasteiger partial charge is 0.325 e. The van der Waals surface area contributed by atoms with Gasteiger partial charge in [0, 0.05) is 43.1 Å². The Morgan fingerprint density at radius 1 is 1.19 bits per heavy atom. The number of aryl methyl sites for hydroxylation is 1. The molecule has 0 saturated carbocycles. The predicted molar refractivity (Wildman–Crippen MR) is 110 cm³/mol. The number of likely N-dealkylation sites (N-methyl/N-ethyl adjacent to an activating group) is 1. The molecule has 1 fully saturated rings. The molecule has 5 heteroatoms. The van der Waals surface area contributed by atoms with Crippen LogP contribution in [0.5, 0.6) is 0 Å². The second-order valence-electron chi connectivity index (χ2n) is 7.23. The Balaban J connectivity index is 1.60. The SMILES string of the molecule is Cc1ccc(NC(=O)C2CN(C)CCN2)cc1-c1ccc2ccncc2c1. The van der Waals surface area contributed by atoms with Crippen molar-refractivity contribution >= 4 is 22.4 Å². The minimum Gasteiger partial charge on any atom is -0.325 e. The molecule has 2 aromatic carbocycles. The van der Waals surface area contributed by atoms with E-state index < -0.39 is 0 Å². The van der Waals surface area contributed by atoms with E-state index in [1.165, 1.54) is 10.9 Å². The van der Waals surface area contributed by atoms with E-state index in [0.717, 1.165) is 41.8 Å². The van der Waals surface area contributed by atoms with Crippen molar-refractivity contribution in [1.82, 2.24) is 15.2 Å². The number of anilines is 1. The maximum atomic E-state index is 12.6. The number of rotatable bonds is 3. The van der Waals surface area contributed by atoms with Crippen LogP contribution in [-0.2, 0) is 4.79 Å². The van der Waals surface area contributed by atoms with Crippen LogP contribution in [0.15, 0.2) is 54.9 Å². The zero-order chi connectivity index (χ0) is 18.8. The van der Waals surface area contributed by atoms with Crippen molar-refractivity contribution in [2.24, 2.45) is 0 Å². The summed E-state index contributed by atoms with van der Waals surface area (Å²) in [6.45, 7) is 4.61. The van der Waals surface area contributed by atoms with E-state index in [9.17, 15) is 4.79 Å². The van der Waals surface area contributed by atoms with Crippen molar-refractivity contribution in [2.75, 3.05) is 32.0 Å². The van der Waals surface area contributed by atoms with Crippen molar-refractivity contribution in [3.63, 3.8) is 0 Å². The Morgan fingerprint density at radius 2 is 2.07 bits per heavy atom. The summed E-state index contributed by atoms with van der Waals surface area (Å²) in [6, 6.07) is 14.3. The van der Waals surface area contributed by atoms with Crippen LogP contribution in [0.1, 0.15) is 5.56 Å². The molecule has 0 aliphatic carbocycles. The molecule has 1 atom stereocenters. The first-order valence-corrected chi connectivity index (χ1v) is 9.28. The quantitative estimate of drug-likeness (QED) is 0.754. The van der Waals surface area contributed by atoms with E-state index in [1.807, 2.05) is 25.4 Å². The molecule has 27 heavy (non-hydrogen) atoms. The van der Waals surface area contributed by atoms with E-state index >= 15 is 0 Å². The zero-order valence-corrected chi connectivity index (χ0v) is 15.7. The molecule has 4 rings (SSSR count). The van der Waals surface area contributed by atoms with Crippen molar-refractivity contribution in [3.8, 4) is 11.1 Å². The van der Waals surface area contributed by atoms with E-state index in [1.54, 1.807) is 6.20 Å². The highest BCUT2D eigenvalue weighted by molar-refractivity contribution is 5.96. The van der Waals surface area contributed by atoms with Crippen LogP contribution in [0.3, 0.4) is 0 Å². The molecular weight excluding hydrogens is 336 g/mol. The molecule has 3 aromatic rings. The van der Waals surface area contributed by atoms with Crippen LogP contribution in [0.25, 0.3) is 21.9 Å². The van der Waals surface area contributed by atoms with Gasteiger partial charge in [0.2, 0.25) is 5.91 Å².